The molecule has 1 saturated heterocycles. The van der Waals surface area contributed by atoms with Crippen molar-refractivity contribution in [3.8, 4) is 0 Å². The van der Waals surface area contributed by atoms with E-state index in [0.29, 0.717) is 13.2 Å². The maximum absolute atomic E-state index is 10.6. The van der Waals surface area contributed by atoms with E-state index in [4.69, 9.17) is 9.47 Å². The number of hydrogen-bond acceptors (Lipinski definition) is 6. The van der Waals surface area contributed by atoms with Crippen LogP contribution in [0.4, 0.5) is 0 Å². The Bertz CT molecular complexity index is 589. The van der Waals surface area contributed by atoms with E-state index in [1.54, 1.807) is 6.20 Å². The summed E-state index contributed by atoms with van der Waals surface area (Å²) in [6, 6.07) is 9.50. The predicted octanol–water partition coefficient (Wildman–Crippen LogP) is 3.23. The summed E-state index contributed by atoms with van der Waals surface area (Å²) < 4.78 is 11.6. The van der Waals surface area contributed by atoms with Crippen LogP contribution in [0, 0.1) is 0 Å². The van der Waals surface area contributed by atoms with Crippen molar-refractivity contribution in [2.75, 3.05) is 6.61 Å². The van der Waals surface area contributed by atoms with E-state index in [-0.39, 0.29) is 12.1 Å². The monoisotopic (exact) mass is 320 g/mol. The highest BCUT2D eigenvalue weighted by molar-refractivity contribution is 7.09. The topological polar surface area (TPSA) is 54.8 Å². The van der Waals surface area contributed by atoms with Crippen LogP contribution in [0.15, 0.2) is 41.9 Å². The molecule has 22 heavy (non-hydrogen) atoms. The van der Waals surface area contributed by atoms with Gasteiger partial charge in [-0.05, 0) is 19.4 Å². The van der Waals surface area contributed by atoms with Gasteiger partial charge in [0, 0.05) is 18.1 Å². The number of rotatable bonds is 5. The maximum atomic E-state index is 10.6. The second-order valence-electron chi connectivity index (χ2n) is 5.77. The number of hydroxylamine groups is 2. The van der Waals surface area contributed by atoms with Crippen LogP contribution in [0.25, 0.3) is 0 Å². The van der Waals surface area contributed by atoms with Crippen molar-refractivity contribution >= 4 is 11.3 Å². The van der Waals surface area contributed by atoms with Gasteiger partial charge in [0.25, 0.3) is 0 Å². The molecular weight excluding hydrogens is 300 g/mol. The Hall–Kier alpha value is -1.31. The number of ether oxygens (including phenoxy) is 2. The molecular formula is C16H20N2O3S. The predicted molar refractivity (Wildman–Crippen MR) is 83.5 cm³/mol. The van der Waals surface area contributed by atoms with Gasteiger partial charge in [-0.2, -0.15) is 5.06 Å². The second-order valence-corrected chi connectivity index (χ2v) is 6.69. The molecule has 2 unspecified atom stereocenters. The van der Waals surface area contributed by atoms with Crippen LogP contribution < -0.4 is 0 Å². The quantitative estimate of drug-likeness (QED) is 0.857. The van der Waals surface area contributed by atoms with Crippen LogP contribution in [0.5, 0.6) is 0 Å². The number of benzene rings is 1. The van der Waals surface area contributed by atoms with Gasteiger partial charge in [0.1, 0.15) is 17.2 Å². The Morgan fingerprint density at radius 1 is 1.41 bits per heavy atom. The van der Waals surface area contributed by atoms with Crippen molar-refractivity contribution in [1.82, 2.24) is 10.0 Å². The summed E-state index contributed by atoms with van der Waals surface area (Å²) in [5.74, 6) is -0.631. The Balaban J connectivity index is 1.80. The first kappa shape index (κ1) is 15.6. The van der Waals surface area contributed by atoms with E-state index >= 15 is 0 Å². The molecule has 1 aliphatic rings. The van der Waals surface area contributed by atoms with Gasteiger partial charge in [0.05, 0.1) is 6.61 Å². The van der Waals surface area contributed by atoms with Gasteiger partial charge in [-0.1, -0.05) is 30.3 Å². The first-order valence-electron chi connectivity index (χ1n) is 7.26. The van der Waals surface area contributed by atoms with Crippen molar-refractivity contribution in [1.29, 1.82) is 0 Å². The summed E-state index contributed by atoms with van der Waals surface area (Å²) in [4.78, 5) is 4.35. The normalized spacial score (nSPS) is 22.1. The van der Waals surface area contributed by atoms with E-state index in [1.165, 1.54) is 16.4 Å². The fourth-order valence-corrected chi connectivity index (χ4v) is 3.39. The van der Waals surface area contributed by atoms with Gasteiger partial charge in [-0.3, -0.25) is 0 Å². The fourth-order valence-electron chi connectivity index (χ4n) is 2.60. The zero-order valence-electron chi connectivity index (χ0n) is 12.7. The van der Waals surface area contributed by atoms with E-state index in [2.05, 4.69) is 4.98 Å². The minimum atomic E-state index is -0.631. The largest absolute Gasteiger partial charge is 0.348 e. The van der Waals surface area contributed by atoms with Crippen LogP contribution in [0.3, 0.4) is 0 Å². The summed E-state index contributed by atoms with van der Waals surface area (Å²) >= 11 is 1.51. The van der Waals surface area contributed by atoms with E-state index in [0.717, 1.165) is 10.6 Å². The third kappa shape index (κ3) is 3.53. The zero-order valence-corrected chi connectivity index (χ0v) is 13.5. The smallest absolute Gasteiger partial charge is 0.163 e. The SMILES string of the molecule is CC1(C)OCC(C(c2nccs2)N(O)Cc2ccccc2)O1. The molecule has 1 aromatic carbocycles. The van der Waals surface area contributed by atoms with Gasteiger partial charge in [0.2, 0.25) is 0 Å². The molecule has 0 spiro atoms. The lowest BCUT2D eigenvalue weighted by atomic mass is 10.1. The van der Waals surface area contributed by atoms with Crippen molar-refractivity contribution in [3.05, 3.63) is 52.5 Å². The first-order chi connectivity index (χ1) is 10.6. The van der Waals surface area contributed by atoms with Crippen LogP contribution >= 0.6 is 11.3 Å². The van der Waals surface area contributed by atoms with Gasteiger partial charge in [0.15, 0.2) is 5.79 Å². The summed E-state index contributed by atoms with van der Waals surface area (Å²) in [7, 11) is 0. The molecule has 0 radical (unpaired) electrons. The molecule has 0 saturated carbocycles. The molecule has 1 fully saturated rings. The summed E-state index contributed by atoms with van der Waals surface area (Å²) in [5, 5.41) is 14.7. The number of thiazole rings is 1. The highest BCUT2D eigenvalue weighted by Gasteiger charge is 2.41. The fraction of sp³-hybridized carbons (Fsp3) is 0.438. The molecule has 1 aromatic heterocycles. The molecule has 1 N–H and O–H groups in total. The molecule has 118 valence electrons. The van der Waals surface area contributed by atoms with Crippen LogP contribution in [-0.4, -0.2) is 33.8 Å². The van der Waals surface area contributed by atoms with Gasteiger partial charge in [-0.15, -0.1) is 11.3 Å². The first-order valence-corrected chi connectivity index (χ1v) is 8.14. The van der Waals surface area contributed by atoms with E-state index < -0.39 is 5.79 Å². The average molecular weight is 320 g/mol. The van der Waals surface area contributed by atoms with Gasteiger partial charge in [-0.25, -0.2) is 4.98 Å². The highest BCUT2D eigenvalue weighted by Crippen LogP contribution is 2.35. The molecule has 0 bridgehead atoms. The van der Waals surface area contributed by atoms with Crippen molar-refractivity contribution < 1.29 is 14.7 Å². The number of hydrogen-bond donors (Lipinski definition) is 1. The molecule has 3 rings (SSSR count). The average Bonchev–Trinajstić information content (AvgIpc) is 3.11. The third-order valence-electron chi connectivity index (χ3n) is 3.60. The van der Waals surface area contributed by atoms with E-state index in [9.17, 15) is 5.21 Å². The molecule has 2 aromatic rings. The Morgan fingerprint density at radius 2 is 2.18 bits per heavy atom. The minimum absolute atomic E-state index is 0.255. The van der Waals surface area contributed by atoms with Crippen LogP contribution in [0.2, 0.25) is 0 Å². The lowest BCUT2D eigenvalue weighted by Crippen LogP contribution is -2.36. The molecule has 0 aliphatic carbocycles. The third-order valence-corrected chi connectivity index (χ3v) is 4.44. The highest BCUT2D eigenvalue weighted by atomic mass is 32.1. The Morgan fingerprint density at radius 3 is 2.77 bits per heavy atom. The van der Waals surface area contributed by atoms with Crippen molar-refractivity contribution in [3.63, 3.8) is 0 Å². The number of nitrogens with zero attached hydrogens (tertiary/aromatic N) is 2. The lowest BCUT2D eigenvalue weighted by molar-refractivity contribution is -0.191. The van der Waals surface area contributed by atoms with Crippen molar-refractivity contribution in [2.24, 2.45) is 0 Å². The molecule has 5 nitrogen and oxygen atoms in total. The molecule has 2 heterocycles. The standard InChI is InChI=1S/C16H20N2O3S/c1-16(2)20-11-13(21-16)14(15-17-8-9-22-15)18(19)10-12-6-4-3-5-7-12/h3-9,13-14,19H,10-11H2,1-2H3. The Labute approximate surface area is 134 Å². The summed E-state index contributed by atoms with van der Waals surface area (Å²) in [6.45, 7) is 4.60. The van der Waals surface area contributed by atoms with Gasteiger partial charge < -0.3 is 14.7 Å². The Kier molecular flexibility index (Phi) is 4.56. The molecule has 0 amide bonds. The maximum Gasteiger partial charge on any atom is 0.163 e. The van der Waals surface area contributed by atoms with Crippen LogP contribution in [-0.2, 0) is 16.0 Å². The molecule has 1 aliphatic heterocycles. The summed E-state index contributed by atoms with van der Waals surface area (Å²) in [6.07, 6.45) is 1.49. The molecule has 6 heteroatoms. The van der Waals surface area contributed by atoms with E-state index in [1.807, 2.05) is 49.6 Å². The minimum Gasteiger partial charge on any atom is -0.348 e. The number of aromatic nitrogens is 1. The second kappa shape index (κ2) is 6.44. The summed E-state index contributed by atoms with van der Waals surface area (Å²) in [5.41, 5.74) is 1.03. The lowest BCUT2D eigenvalue weighted by Gasteiger charge is -2.29. The van der Waals surface area contributed by atoms with Crippen molar-refractivity contribution in [2.45, 2.75) is 38.3 Å². The van der Waals surface area contributed by atoms with Gasteiger partial charge >= 0.3 is 0 Å². The van der Waals surface area contributed by atoms with Crippen LogP contribution in [0.1, 0.15) is 30.5 Å². The molecule has 2 atom stereocenters. The zero-order chi connectivity index (χ0) is 15.6.